The fourth-order valence-corrected chi connectivity index (χ4v) is 1.36. The average molecular weight is 239 g/mol. The van der Waals surface area contributed by atoms with Crippen LogP contribution < -0.4 is 0 Å². The van der Waals surface area contributed by atoms with E-state index in [9.17, 15) is 10.1 Å². The third-order valence-electron chi connectivity index (χ3n) is 1.98. The average Bonchev–Trinajstić information content (AvgIpc) is 2.77. The highest BCUT2D eigenvalue weighted by molar-refractivity contribution is 6.16. The van der Waals surface area contributed by atoms with Crippen LogP contribution in [-0.4, -0.2) is 19.9 Å². The fraction of sp³-hybridized carbons (Fsp3) is 0.111. The summed E-state index contributed by atoms with van der Waals surface area (Å²) >= 11 is 5.59. The van der Waals surface area contributed by atoms with Gasteiger partial charge in [0.25, 0.3) is 5.69 Å². The van der Waals surface area contributed by atoms with Gasteiger partial charge in [0.2, 0.25) is 0 Å². The van der Waals surface area contributed by atoms with Crippen molar-refractivity contribution in [2.24, 2.45) is 0 Å². The highest BCUT2D eigenvalue weighted by Crippen LogP contribution is 2.16. The Balaban J connectivity index is 2.40. The van der Waals surface area contributed by atoms with Gasteiger partial charge >= 0.3 is 0 Å². The molecule has 0 spiro atoms. The summed E-state index contributed by atoms with van der Waals surface area (Å²) in [6, 6.07) is 6.14. The number of nitro groups is 1. The summed E-state index contributed by atoms with van der Waals surface area (Å²) in [4.78, 5) is 10.1. The number of aromatic nitrogens is 3. The van der Waals surface area contributed by atoms with Gasteiger partial charge in [0, 0.05) is 12.1 Å². The summed E-state index contributed by atoms with van der Waals surface area (Å²) in [5, 5.41) is 18.2. The lowest BCUT2D eigenvalue weighted by Gasteiger charge is -1.98. The summed E-state index contributed by atoms with van der Waals surface area (Å²) in [5.74, 6) is 0.259. The molecule has 6 nitrogen and oxygen atoms in total. The van der Waals surface area contributed by atoms with E-state index in [2.05, 4.69) is 10.3 Å². The van der Waals surface area contributed by atoms with Crippen molar-refractivity contribution in [1.82, 2.24) is 15.0 Å². The van der Waals surface area contributed by atoms with Gasteiger partial charge in [-0.15, -0.1) is 16.7 Å². The van der Waals surface area contributed by atoms with E-state index >= 15 is 0 Å². The van der Waals surface area contributed by atoms with Crippen LogP contribution in [0.15, 0.2) is 30.5 Å². The Labute approximate surface area is 95.6 Å². The topological polar surface area (TPSA) is 73.8 Å². The van der Waals surface area contributed by atoms with Crippen LogP contribution in [0, 0.1) is 10.1 Å². The lowest BCUT2D eigenvalue weighted by molar-refractivity contribution is -0.384. The van der Waals surface area contributed by atoms with Gasteiger partial charge in [-0.1, -0.05) is 11.3 Å². The van der Waals surface area contributed by atoms with Gasteiger partial charge in [0.1, 0.15) is 0 Å². The summed E-state index contributed by atoms with van der Waals surface area (Å²) in [7, 11) is 0. The van der Waals surface area contributed by atoms with E-state index in [0.717, 1.165) is 0 Å². The van der Waals surface area contributed by atoms with Crippen LogP contribution in [0.3, 0.4) is 0 Å². The van der Waals surface area contributed by atoms with Crippen molar-refractivity contribution in [3.05, 3.63) is 46.3 Å². The second-order valence-corrected chi connectivity index (χ2v) is 3.33. The van der Waals surface area contributed by atoms with Gasteiger partial charge in [-0.25, -0.2) is 4.68 Å². The molecule has 0 aliphatic carbocycles. The Hall–Kier alpha value is -1.95. The van der Waals surface area contributed by atoms with E-state index in [0.29, 0.717) is 11.4 Å². The van der Waals surface area contributed by atoms with Crippen LogP contribution in [0.2, 0.25) is 0 Å². The Morgan fingerprint density at radius 1 is 1.50 bits per heavy atom. The molecule has 7 heteroatoms. The highest BCUT2D eigenvalue weighted by Gasteiger charge is 2.08. The minimum absolute atomic E-state index is 0.0143. The van der Waals surface area contributed by atoms with Crippen molar-refractivity contribution in [3.8, 4) is 5.69 Å². The van der Waals surface area contributed by atoms with E-state index in [-0.39, 0.29) is 11.6 Å². The number of hydrogen-bond donors (Lipinski definition) is 0. The number of alkyl halides is 1. The highest BCUT2D eigenvalue weighted by atomic mass is 35.5. The van der Waals surface area contributed by atoms with Crippen molar-refractivity contribution in [2.45, 2.75) is 5.88 Å². The first-order chi connectivity index (χ1) is 7.70. The largest absolute Gasteiger partial charge is 0.271 e. The number of hydrogen-bond acceptors (Lipinski definition) is 4. The smallest absolute Gasteiger partial charge is 0.258 e. The number of halogens is 1. The molecule has 2 aromatic rings. The number of non-ortho nitro benzene ring substituents is 1. The molecule has 0 fully saturated rings. The molecule has 0 saturated carbocycles. The monoisotopic (exact) mass is 238 g/mol. The van der Waals surface area contributed by atoms with Gasteiger partial charge < -0.3 is 0 Å². The summed E-state index contributed by atoms with van der Waals surface area (Å²) in [5.41, 5.74) is 1.21. The predicted octanol–water partition coefficient (Wildman–Crippen LogP) is 1.91. The summed E-state index contributed by atoms with van der Waals surface area (Å²) in [6.07, 6.45) is 1.63. The van der Waals surface area contributed by atoms with Crippen molar-refractivity contribution in [1.29, 1.82) is 0 Å². The second kappa shape index (κ2) is 4.28. The molecule has 1 aromatic carbocycles. The molecule has 1 aromatic heterocycles. The molecule has 0 unspecified atom stereocenters. The maximum Gasteiger partial charge on any atom is 0.271 e. The molecular weight excluding hydrogens is 232 g/mol. The molecule has 0 saturated heterocycles. The third kappa shape index (κ3) is 2.01. The normalized spacial score (nSPS) is 10.3. The van der Waals surface area contributed by atoms with Crippen molar-refractivity contribution < 1.29 is 4.92 Å². The zero-order chi connectivity index (χ0) is 11.5. The Kier molecular flexibility index (Phi) is 2.82. The summed E-state index contributed by atoms with van der Waals surface area (Å²) in [6.45, 7) is 0. The molecule has 2 rings (SSSR count). The van der Waals surface area contributed by atoms with Crippen molar-refractivity contribution >= 4 is 17.3 Å². The minimum atomic E-state index is -0.455. The number of nitrogens with zero attached hydrogens (tertiary/aromatic N) is 4. The first-order valence-electron chi connectivity index (χ1n) is 4.43. The Morgan fingerprint density at radius 2 is 2.31 bits per heavy atom. The van der Waals surface area contributed by atoms with E-state index in [1.807, 2.05) is 0 Å². The SMILES string of the molecule is O=[N+]([O-])c1cccc(-n2cc(CCl)nn2)c1. The molecular formula is C9H7ClN4O2. The fourth-order valence-electron chi connectivity index (χ4n) is 1.23. The van der Waals surface area contributed by atoms with Gasteiger partial charge in [0.15, 0.2) is 0 Å². The number of benzene rings is 1. The molecule has 0 aliphatic rings. The molecule has 1 heterocycles. The molecule has 0 aliphatic heterocycles. The van der Waals surface area contributed by atoms with Crippen LogP contribution in [0.1, 0.15) is 5.69 Å². The van der Waals surface area contributed by atoms with Crippen molar-refractivity contribution in [3.63, 3.8) is 0 Å². The van der Waals surface area contributed by atoms with Crippen LogP contribution in [0.5, 0.6) is 0 Å². The minimum Gasteiger partial charge on any atom is -0.258 e. The standard InChI is InChI=1S/C9H7ClN4O2/c10-5-7-6-13(12-11-7)8-2-1-3-9(4-8)14(15)16/h1-4,6H,5H2. The van der Waals surface area contributed by atoms with Gasteiger partial charge in [0.05, 0.1) is 28.4 Å². The first kappa shape index (κ1) is 10.6. The Morgan fingerprint density at radius 3 is 2.94 bits per heavy atom. The molecule has 0 amide bonds. The van der Waals surface area contributed by atoms with E-state index in [1.54, 1.807) is 18.3 Å². The molecule has 0 atom stereocenters. The maximum atomic E-state index is 10.6. The van der Waals surface area contributed by atoms with Crippen LogP contribution >= 0.6 is 11.6 Å². The van der Waals surface area contributed by atoms with E-state index in [4.69, 9.17) is 11.6 Å². The van der Waals surface area contributed by atoms with Crippen LogP contribution in [0.4, 0.5) is 5.69 Å². The zero-order valence-corrected chi connectivity index (χ0v) is 8.83. The first-order valence-corrected chi connectivity index (χ1v) is 4.96. The van der Waals surface area contributed by atoms with Crippen LogP contribution in [0.25, 0.3) is 5.69 Å². The second-order valence-electron chi connectivity index (χ2n) is 3.07. The van der Waals surface area contributed by atoms with Crippen molar-refractivity contribution in [2.75, 3.05) is 0 Å². The third-order valence-corrected chi connectivity index (χ3v) is 2.26. The summed E-state index contributed by atoms with van der Waals surface area (Å²) < 4.78 is 1.45. The van der Waals surface area contributed by atoms with E-state index in [1.165, 1.54) is 16.8 Å². The lowest BCUT2D eigenvalue weighted by atomic mass is 10.3. The van der Waals surface area contributed by atoms with Gasteiger partial charge in [-0.05, 0) is 6.07 Å². The lowest BCUT2D eigenvalue weighted by Crippen LogP contribution is -1.96. The van der Waals surface area contributed by atoms with Gasteiger partial charge in [-0.2, -0.15) is 0 Å². The molecule has 16 heavy (non-hydrogen) atoms. The number of nitro benzene ring substituents is 1. The molecule has 0 bridgehead atoms. The zero-order valence-electron chi connectivity index (χ0n) is 8.08. The molecule has 0 N–H and O–H groups in total. The molecule has 0 radical (unpaired) electrons. The quantitative estimate of drug-likeness (QED) is 0.465. The van der Waals surface area contributed by atoms with Gasteiger partial charge in [-0.3, -0.25) is 10.1 Å². The van der Waals surface area contributed by atoms with E-state index < -0.39 is 4.92 Å². The maximum absolute atomic E-state index is 10.6. The van der Waals surface area contributed by atoms with Crippen LogP contribution in [-0.2, 0) is 5.88 Å². The number of rotatable bonds is 3. The molecule has 82 valence electrons. The predicted molar refractivity (Wildman–Crippen MR) is 57.6 cm³/mol. The Bertz CT molecular complexity index is 526.